The van der Waals surface area contributed by atoms with Gasteiger partial charge in [-0.1, -0.05) is 66.7 Å². The molecule has 3 aromatic rings. The highest BCUT2D eigenvalue weighted by Crippen LogP contribution is 2.35. The Balaban J connectivity index is 1.70. The lowest BCUT2D eigenvalue weighted by Crippen LogP contribution is -2.66. The first kappa shape index (κ1) is 31.9. The molecule has 0 fully saturated rings. The van der Waals surface area contributed by atoms with E-state index in [4.69, 9.17) is 4.74 Å². The molecule has 0 aliphatic carbocycles. The van der Waals surface area contributed by atoms with Crippen molar-refractivity contribution in [3.8, 4) is 5.75 Å². The molecule has 0 radical (unpaired) electrons. The summed E-state index contributed by atoms with van der Waals surface area (Å²) in [6.07, 6.45) is -1.20. The summed E-state index contributed by atoms with van der Waals surface area (Å²) in [5, 5.41) is 25.4. The molecular formula is C33H35N3O8. The average Bonchev–Trinajstić information content (AvgIpc) is 2.98. The molecule has 1 aliphatic heterocycles. The number of hydrogen-bond donors (Lipinski definition) is 4. The summed E-state index contributed by atoms with van der Waals surface area (Å²) in [6.45, 7) is 4.38. The number of carboxylic acid groups (broad SMARTS) is 2. The zero-order chi connectivity index (χ0) is 32.1. The van der Waals surface area contributed by atoms with Crippen molar-refractivity contribution in [2.45, 2.75) is 63.9 Å². The molecule has 0 bridgehead atoms. The van der Waals surface area contributed by atoms with Gasteiger partial charge in [0.2, 0.25) is 0 Å². The van der Waals surface area contributed by atoms with Crippen molar-refractivity contribution >= 4 is 35.2 Å². The molecule has 4 rings (SSSR count). The molecule has 1 unspecified atom stereocenters. The summed E-state index contributed by atoms with van der Waals surface area (Å²) >= 11 is 0. The first-order chi connectivity index (χ1) is 20.9. The standard InChI is InChI=1S/C33H35N3O8/c1-21-14-15-26-25(18-21)35-30(41)32(3,44-26)29(40)34-22(2)28(39)33(31(42)43,17-16-27(37)38)36(19-23-10-6-4-7-11-23)20-24-12-8-5-9-13-24/h4-15,18,22H,16-17,19-20H2,1-3H3,(H,34,40)(H,35,41)(H,37,38)(H,42,43)/t22-,32?,33-/m0/s1. The van der Waals surface area contributed by atoms with Crippen LogP contribution < -0.4 is 15.4 Å². The van der Waals surface area contributed by atoms with Gasteiger partial charge in [-0.2, -0.15) is 0 Å². The summed E-state index contributed by atoms with van der Waals surface area (Å²) in [5.41, 5.74) is -1.79. The van der Waals surface area contributed by atoms with E-state index in [1.165, 1.54) is 18.7 Å². The quantitative estimate of drug-likeness (QED) is 0.215. The fourth-order valence-electron chi connectivity index (χ4n) is 5.25. The highest BCUT2D eigenvalue weighted by atomic mass is 16.5. The number of nitrogens with one attached hydrogen (secondary N) is 2. The van der Waals surface area contributed by atoms with Gasteiger partial charge >= 0.3 is 11.9 Å². The number of hydrogen-bond acceptors (Lipinski definition) is 7. The smallest absolute Gasteiger partial charge is 0.332 e. The van der Waals surface area contributed by atoms with E-state index in [2.05, 4.69) is 10.6 Å². The maximum Gasteiger partial charge on any atom is 0.332 e. The van der Waals surface area contributed by atoms with E-state index >= 15 is 0 Å². The van der Waals surface area contributed by atoms with Crippen molar-refractivity contribution < 1.29 is 38.9 Å². The zero-order valence-electron chi connectivity index (χ0n) is 24.7. The molecule has 44 heavy (non-hydrogen) atoms. The number of aliphatic carboxylic acids is 2. The van der Waals surface area contributed by atoms with E-state index in [9.17, 15) is 34.2 Å². The second-order valence-corrected chi connectivity index (χ2v) is 11.0. The second-order valence-electron chi connectivity index (χ2n) is 11.0. The van der Waals surface area contributed by atoms with E-state index in [-0.39, 0.29) is 18.8 Å². The highest BCUT2D eigenvalue weighted by Gasteiger charge is 2.54. The lowest BCUT2D eigenvalue weighted by Gasteiger charge is -2.41. The highest BCUT2D eigenvalue weighted by molar-refractivity contribution is 6.17. The molecule has 0 saturated heterocycles. The minimum Gasteiger partial charge on any atom is -0.481 e. The Bertz CT molecular complexity index is 1520. The molecule has 0 aromatic heterocycles. The van der Waals surface area contributed by atoms with E-state index in [1.54, 1.807) is 78.9 Å². The lowest BCUT2D eigenvalue weighted by molar-refractivity contribution is -0.163. The number of fused-ring (bicyclic) bond motifs is 1. The molecule has 3 aromatic carbocycles. The fraction of sp³-hybridized carbons (Fsp3) is 0.303. The number of amides is 2. The summed E-state index contributed by atoms with van der Waals surface area (Å²) in [4.78, 5) is 67.2. The fourth-order valence-corrected chi connectivity index (χ4v) is 5.25. The Morgan fingerprint density at radius 2 is 1.52 bits per heavy atom. The van der Waals surface area contributed by atoms with Crippen LogP contribution in [0, 0.1) is 6.92 Å². The summed E-state index contributed by atoms with van der Waals surface area (Å²) in [7, 11) is 0. The molecule has 3 atom stereocenters. The zero-order valence-corrected chi connectivity index (χ0v) is 24.7. The third-order valence-corrected chi connectivity index (χ3v) is 7.74. The lowest BCUT2D eigenvalue weighted by atomic mass is 9.82. The van der Waals surface area contributed by atoms with E-state index in [0.717, 1.165) is 5.56 Å². The van der Waals surface area contributed by atoms with Crippen molar-refractivity contribution in [1.82, 2.24) is 10.2 Å². The Hall–Kier alpha value is -5.03. The Labute approximate surface area is 254 Å². The summed E-state index contributed by atoms with van der Waals surface area (Å²) in [6, 6.07) is 21.4. The van der Waals surface area contributed by atoms with Gasteiger partial charge in [0, 0.05) is 19.5 Å². The number of carboxylic acids is 2. The van der Waals surface area contributed by atoms with Crippen LogP contribution in [0.4, 0.5) is 5.69 Å². The van der Waals surface area contributed by atoms with Crippen LogP contribution in [0.3, 0.4) is 0 Å². The predicted octanol–water partition coefficient (Wildman–Crippen LogP) is 3.55. The average molecular weight is 602 g/mol. The van der Waals surface area contributed by atoms with Gasteiger partial charge in [-0.05, 0) is 56.0 Å². The minimum absolute atomic E-state index is 0.00646. The molecule has 230 valence electrons. The van der Waals surface area contributed by atoms with Gasteiger partial charge in [0.05, 0.1) is 11.7 Å². The minimum atomic E-state index is -2.36. The van der Waals surface area contributed by atoms with Crippen molar-refractivity contribution in [3.05, 3.63) is 95.6 Å². The first-order valence-corrected chi connectivity index (χ1v) is 14.1. The van der Waals surface area contributed by atoms with Gasteiger partial charge < -0.3 is 25.6 Å². The number of rotatable bonds is 13. The number of carbonyl (C=O) groups excluding carboxylic acids is 3. The molecule has 1 heterocycles. The molecule has 0 saturated carbocycles. The van der Waals surface area contributed by atoms with Crippen LogP contribution in [-0.4, -0.2) is 61.8 Å². The maximum atomic E-state index is 14.3. The maximum absolute atomic E-state index is 14.3. The molecule has 4 N–H and O–H groups in total. The number of benzene rings is 3. The second kappa shape index (κ2) is 13.1. The van der Waals surface area contributed by atoms with Gasteiger partial charge in [0.1, 0.15) is 5.75 Å². The van der Waals surface area contributed by atoms with Crippen LogP contribution in [0.15, 0.2) is 78.9 Å². The Morgan fingerprint density at radius 3 is 2.05 bits per heavy atom. The van der Waals surface area contributed by atoms with Gasteiger partial charge in [-0.15, -0.1) is 0 Å². The van der Waals surface area contributed by atoms with Crippen LogP contribution >= 0.6 is 0 Å². The topological polar surface area (TPSA) is 162 Å². The third-order valence-electron chi connectivity index (χ3n) is 7.74. The predicted molar refractivity (Wildman–Crippen MR) is 161 cm³/mol. The number of carbonyl (C=O) groups is 5. The molecule has 1 aliphatic rings. The number of nitrogens with zero attached hydrogens (tertiary/aromatic N) is 1. The van der Waals surface area contributed by atoms with Gasteiger partial charge in [0.25, 0.3) is 17.4 Å². The van der Waals surface area contributed by atoms with Crippen LogP contribution in [0.5, 0.6) is 5.75 Å². The van der Waals surface area contributed by atoms with Crippen LogP contribution in [-0.2, 0) is 37.1 Å². The molecule has 11 heteroatoms. The van der Waals surface area contributed by atoms with E-state index in [1.807, 2.05) is 6.92 Å². The number of ketones is 1. The number of Topliss-reactive ketones (excluding diaryl/α,β-unsaturated/α-hetero) is 1. The van der Waals surface area contributed by atoms with Crippen LogP contribution in [0.1, 0.15) is 43.4 Å². The van der Waals surface area contributed by atoms with Gasteiger partial charge in [-0.3, -0.25) is 24.1 Å². The van der Waals surface area contributed by atoms with E-state index < -0.39 is 59.6 Å². The number of ether oxygens (including phenoxy) is 1. The Kier molecular flexibility index (Phi) is 9.49. The monoisotopic (exact) mass is 601 g/mol. The van der Waals surface area contributed by atoms with Crippen molar-refractivity contribution in [3.63, 3.8) is 0 Å². The van der Waals surface area contributed by atoms with Crippen molar-refractivity contribution in [2.24, 2.45) is 0 Å². The van der Waals surface area contributed by atoms with E-state index in [0.29, 0.717) is 16.8 Å². The normalized spacial score (nSPS) is 17.8. The van der Waals surface area contributed by atoms with Gasteiger partial charge in [-0.25, -0.2) is 4.79 Å². The van der Waals surface area contributed by atoms with Crippen molar-refractivity contribution in [1.29, 1.82) is 0 Å². The molecule has 0 spiro atoms. The van der Waals surface area contributed by atoms with Crippen LogP contribution in [0.2, 0.25) is 0 Å². The number of anilines is 1. The van der Waals surface area contributed by atoms with Crippen molar-refractivity contribution in [2.75, 3.05) is 5.32 Å². The largest absolute Gasteiger partial charge is 0.481 e. The third kappa shape index (κ3) is 6.63. The van der Waals surface area contributed by atoms with Gasteiger partial charge in [0.15, 0.2) is 11.3 Å². The SMILES string of the molecule is Cc1ccc2c(c1)NC(=O)C(C)(C(=O)N[C@@H](C)C(=O)[C@@](CCC(=O)O)(C(=O)O)N(Cc1ccccc1)Cc1ccccc1)O2. The summed E-state index contributed by atoms with van der Waals surface area (Å²) in [5.74, 6) is -5.25. The number of aryl methyl sites for hydroxylation is 1. The Morgan fingerprint density at radius 1 is 0.955 bits per heavy atom. The molecular weight excluding hydrogens is 566 g/mol. The molecule has 11 nitrogen and oxygen atoms in total. The van der Waals surface area contributed by atoms with Crippen LogP contribution in [0.25, 0.3) is 0 Å². The molecule has 2 amide bonds. The summed E-state index contributed by atoms with van der Waals surface area (Å²) < 4.78 is 5.81. The first-order valence-electron chi connectivity index (χ1n) is 14.1.